The Morgan fingerprint density at radius 1 is 1.33 bits per heavy atom. The number of hydrogen-bond acceptors (Lipinski definition) is 6. The number of rotatable bonds is 6. The van der Waals surface area contributed by atoms with Gasteiger partial charge in [0.1, 0.15) is 28.8 Å². The Bertz CT molecular complexity index is 1250. The van der Waals surface area contributed by atoms with E-state index in [0.29, 0.717) is 11.5 Å². The standard InChI is InChI=1S/C21H16BrN3O5/c1-12-3-6-14(17(22)9-12)19-8-5-13(30-19)4-7-18-20(25(27)28)16(11-29-2)15(10-23)21(26)24-18/h3-9H,11H2,1-2H3,(H,24,26)/b7-4+. The molecule has 0 unspecified atom stereocenters. The predicted molar refractivity (Wildman–Crippen MR) is 115 cm³/mol. The van der Waals surface area contributed by atoms with Crippen molar-refractivity contribution in [2.45, 2.75) is 13.5 Å². The van der Waals surface area contributed by atoms with Gasteiger partial charge in [-0.05, 0) is 48.9 Å². The Labute approximate surface area is 179 Å². The second-order valence-electron chi connectivity index (χ2n) is 6.39. The van der Waals surface area contributed by atoms with Crippen LogP contribution in [0, 0.1) is 28.4 Å². The van der Waals surface area contributed by atoms with Crippen LogP contribution in [-0.4, -0.2) is 17.0 Å². The van der Waals surface area contributed by atoms with Crippen molar-refractivity contribution in [1.82, 2.24) is 4.98 Å². The van der Waals surface area contributed by atoms with E-state index in [9.17, 15) is 20.2 Å². The minimum atomic E-state index is -0.724. The summed E-state index contributed by atoms with van der Waals surface area (Å²) >= 11 is 3.51. The third kappa shape index (κ3) is 4.25. The molecule has 152 valence electrons. The zero-order valence-corrected chi connectivity index (χ0v) is 17.6. The maximum absolute atomic E-state index is 12.2. The molecule has 9 heteroatoms. The molecule has 0 aliphatic heterocycles. The van der Waals surface area contributed by atoms with E-state index in [1.165, 1.54) is 19.3 Å². The van der Waals surface area contributed by atoms with Gasteiger partial charge in [0.15, 0.2) is 0 Å². The summed E-state index contributed by atoms with van der Waals surface area (Å²) in [7, 11) is 1.33. The van der Waals surface area contributed by atoms with Crippen LogP contribution in [0.25, 0.3) is 23.5 Å². The Kier molecular flexibility index (Phi) is 6.30. The molecule has 0 atom stereocenters. The molecule has 0 saturated heterocycles. The van der Waals surface area contributed by atoms with E-state index in [0.717, 1.165) is 15.6 Å². The Morgan fingerprint density at radius 3 is 2.73 bits per heavy atom. The van der Waals surface area contributed by atoms with E-state index in [4.69, 9.17) is 9.15 Å². The van der Waals surface area contributed by atoms with Crippen LogP contribution in [0.4, 0.5) is 5.69 Å². The number of nitrogens with zero attached hydrogens (tertiary/aromatic N) is 2. The Hall–Kier alpha value is -3.48. The van der Waals surface area contributed by atoms with Crippen molar-refractivity contribution in [3.8, 4) is 17.4 Å². The van der Waals surface area contributed by atoms with Crippen molar-refractivity contribution < 1.29 is 14.1 Å². The van der Waals surface area contributed by atoms with Gasteiger partial charge >= 0.3 is 0 Å². The van der Waals surface area contributed by atoms with Gasteiger partial charge in [0.05, 0.1) is 17.1 Å². The van der Waals surface area contributed by atoms with Gasteiger partial charge in [0.2, 0.25) is 0 Å². The fraction of sp³-hybridized carbons (Fsp3) is 0.143. The number of H-pyrrole nitrogens is 1. The quantitative estimate of drug-likeness (QED) is 0.408. The minimum absolute atomic E-state index is 0.0504. The summed E-state index contributed by atoms with van der Waals surface area (Å²) in [5.74, 6) is 1.05. The Balaban J connectivity index is 2.03. The summed E-state index contributed by atoms with van der Waals surface area (Å²) in [6.07, 6.45) is 2.87. The average Bonchev–Trinajstić information content (AvgIpc) is 3.15. The van der Waals surface area contributed by atoms with Gasteiger partial charge in [-0.15, -0.1) is 0 Å². The molecule has 3 aromatic rings. The Morgan fingerprint density at radius 2 is 2.10 bits per heavy atom. The number of aromatic amines is 1. The van der Waals surface area contributed by atoms with Crippen LogP contribution in [0.3, 0.4) is 0 Å². The molecule has 0 radical (unpaired) electrons. The highest BCUT2D eigenvalue weighted by molar-refractivity contribution is 9.10. The first kappa shape index (κ1) is 21.2. The molecule has 30 heavy (non-hydrogen) atoms. The highest BCUT2D eigenvalue weighted by Crippen LogP contribution is 2.31. The number of pyridine rings is 1. The maximum atomic E-state index is 12.2. The lowest BCUT2D eigenvalue weighted by molar-refractivity contribution is -0.386. The third-order valence-electron chi connectivity index (χ3n) is 4.33. The number of halogens is 1. The summed E-state index contributed by atoms with van der Waals surface area (Å²) in [5, 5.41) is 20.8. The first-order valence-corrected chi connectivity index (χ1v) is 9.52. The summed E-state index contributed by atoms with van der Waals surface area (Å²) < 4.78 is 11.6. The first-order chi connectivity index (χ1) is 14.3. The number of methoxy groups -OCH3 is 1. The number of nitriles is 1. The zero-order chi connectivity index (χ0) is 21.8. The van der Waals surface area contributed by atoms with Crippen LogP contribution < -0.4 is 5.56 Å². The summed E-state index contributed by atoms with van der Waals surface area (Å²) in [6.45, 7) is 1.74. The molecule has 0 saturated carbocycles. The second kappa shape index (κ2) is 8.90. The summed E-state index contributed by atoms with van der Waals surface area (Å²) in [4.78, 5) is 25.5. The van der Waals surface area contributed by atoms with E-state index in [1.807, 2.05) is 25.1 Å². The SMILES string of the molecule is COCc1c([N+](=O)[O-])c(/C=C/c2ccc(-c3ccc(C)cc3Br)o2)[nH]c(=O)c1C#N. The van der Waals surface area contributed by atoms with E-state index in [-0.39, 0.29) is 23.4 Å². The molecule has 2 heterocycles. The maximum Gasteiger partial charge on any atom is 0.299 e. The first-order valence-electron chi connectivity index (χ1n) is 8.72. The van der Waals surface area contributed by atoms with Crippen molar-refractivity contribution in [3.05, 3.63) is 83.4 Å². The molecule has 0 aliphatic carbocycles. The number of nitrogens with one attached hydrogen (secondary N) is 1. The van der Waals surface area contributed by atoms with Crippen LogP contribution in [-0.2, 0) is 11.3 Å². The van der Waals surface area contributed by atoms with Crippen molar-refractivity contribution >= 4 is 33.8 Å². The number of furan rings is 1. The molecular weight excluding hydrogens is 454 g/mol. The molecule has 0 aliphatic rings. The zero-order valence-electron chi connectivity index (χ0n) is 16.1. The van der Waals surface area contributed by atoms with E-state index in [2.05, 4.69) is 20.9 Å². The number of benzene rings is 1. The van der Waals surface area contributed by atoms with Gasteiger partial charge in [-0.25, -0.2) is 0 Å². The van der Waals surface area contributed by atoms with Crippen molar-refractivity contribution in [3.63, 3.8) is 0 Å². The van der Waals surface area contributed by atoms with Crippen molar-refractivity contribution in [2.24, 2.45) is 0 Å². The lowest BCUT2D eigenvalue weighted by Gasteiger charge is -2.06. The van der Waals surface area contributed by atoms with Crippen molar-refractivity contribution in [2.75, 3.05) is 7.11 Å². The van der Waals surface area contributed by atoms with E-state index >= 15 is 0 Å². The summed E-state index contributed by atoms with van der Waals surface area (Å²) in [6, 6.07) is 11.0. The van der Waals surface area contributed by atoms with Crippen molar-refractivity contribution in [1.29, 1.82) is 5.26 Å². The highest BCUT2D eigenvalue weighted by atomic mass is 79.9. The number of aromatic nitrogens is 1. The third-order valence-corrected chi connectivity index (χ3v) is 4.99. The largest absolute Gasteiger partial charge is 0.457 e. The number of ether oxygens (including phenoxy) is 1. The highest BCUT2D eigenvalue weighted by Gasteiger charge is 2.25. The van der Waals surface area contributed by atoms with Crippen LogP contribution in [0.15, 0.2) is 44.0 Å². The summed E-state index contributed by atoms with van der Waals surface area (Å²) in [5.41, 5.74) is 0.380. The van der Waals surface area contributed by atoms with Crippen LogP contribution in [0.1, 0.15) is 28.1 Å². The lowest BCUT2D eigenvalue weighted by atomic mass is 10.1. The predicted octanol–water partition coefficient (Wildman–Crippen LogP) is 4.80. The molecule has 1 aromatic carbocycles. The van der Waals surface area contributed by atoms with Gasteiger partial charge in [-0.3, -0.25) is 14.9 Å². The molecule has 0 bridgehead atoms. The van der Waals surface area contributed by atoms with Gasteiger partial charge < -0.3 is 14.1 Å². The van der Waals surface area contributed by atoms with E-state index in [1.54, 1.807) is 18.2 Å². The van der Waals surface area contributed by atoms with Crippen LogP contribution in [0.5, 0.6) is 0 Å². The van der Waals surface area contributed by atoms with Crippen LogP contribution in [0.2, 0.25) is 0 Å². The van der Waals surface area contributed by atoms with Crippen LogP contribution >= 0.6 is 15.9 Å². The monoisotopic (exact) mass is 469 g/mol. The second-order valence-corrected chi connectivity index (χ2v) is 7.24. The van der Waals surface area contributed by atoms with Gasteiger partial charge in [-0.2, -0.15) is 5.26 Å². The number of nitro groups is 1. The fourth-order valence-electron chi connectivity index (χ4n) is 2.97. The molecule has 0 spiro atoms. The molecule has 3 rings (SSSR count). The number of aryl methyl sites for hydroxylation is 1. The lowest BCUT2D eigenvalue weighted by Crippen LogP contribution is -2.18. The molecule has 0 fully saturated rings. The molecule has 1 N–H and O–H groups in total. The van der Waals surface area contributed by atoms with E-state index < -0.39 is 16.2 Å². The minimum Gasteiger partial charge on any atom is -0.457 e. The topological polar surface area (TPSA) is 122 Å². The van der Waals surface area contributed by atoms with Gasteiger partial charge in [-0.1, -0.05) is 22.0 Å². The van der Waals surface area contributed by atoms with Gasteiger partial charge in [0.25, 0.3) is 11.2 Å². The molecule has 8 nitrogen and oxygen atoms in total. The smallest absolute Gasteiger partial charge is 0.299 e. The molecular formula is C21H16BrN3O5. The number of hydrogen-bond donors (Lipinski definition) is 1. The molecule has 2 aromatic heterocycles. The molecule has 0 amide bonds. The fourth-order valence-corrected chi connectivity index (χ4v) is 3.66. The normalized spacial score (nSPS) is 11.0. The van der Waals surface area contributed by atoms with Gasteiger partial charge in [0, 0.05) is 17.1 Å². The average molecular weight is 470 g/mol.